The van der Waals surface area contributed by atoms with Crippen molar-refractivity contribution in [2.75, 3.05) is 26.0 Å². The summed E-state index contributed by atoms with van der Waals surface area (Å²) in [6.07, 6.45) is -15.9. The first kappa shape index (κ1) is 15.1. The van der Waals surface area contributed by atoms with Crippen LogP contribution in [0.4, 0.5) is 17.6 Å². The predicted molar refractivity (Wildman–Crippen MR) is 177 cm³/mol. The van der Waals surface area contributed by atoms with Crippen molar-refractivity contribution < 1.29 is 55.3 Å². The van der Waals surface area contributed by atoms with Crippen molar-refractivity contribution in [1.29, 1.82) is 0 Å². The highest BCUT2D eigenvalue weighted by Gasteiger charge is 2.30. The maximum Gasteiger partial charge on any atom is 0.416 e. The molecule has 0 aliphatic heterocycles. The lowest BCUT2D eigenvalue weighted by atomic mass is 10.0. The van der Waals surface area contributed by atoms with Crippen molar-refractivity contribution in [2.24, 2.45) is 0 Å². The molecule has 11 heteroatoms. The molecule has 248 valence electrons. The van der Waals surface area contributed by atoms with Crippen LogP contribution in [-0.4, -0.2) is 51.2 Å². The summed E-state index contributed by atoms with van der Waals surface area (Å²) in [5.41, 5.74) is -9.75. The van der Waals surface area contributed by atoms with Gasteiger partial charge in [-0.05, 0) is 78.6 Å². The molecule has 1 aromatic heterocycles. The van der Waals surface area contributed by atoms with Crippen molar-refractivity contribution in [3.05, 3.63) is 117 Å². The van der Waals surface area contributed by atoms with Crippen LogP contribution < -0.4 is 5.56 Å². The zero-order chi connectivity index (χ0) is 54.7. The smallest absolute Gasteiger partial charge is 0.336 e. The fraction of sp³-hybridized carbons (Fsp3) is 0.361. The van der Waals surface area contributed by atoms with Crippen LogP contribution in [0.15, 0.2) is 82.7 Å². The van der Waals surface area contributed by atoms with E-state index >= 15 is 4.79 Å². The monoisotopic (exact) mass is 690 g/mol. The standard InChI is InChI=1S/C36H38F4N4O2S/c1-3-42(4-2)20-21-43(22-25-8-12-27(13-9-25)28-14-16-29(17-15-28)36(38,39)40)33(45)23-44-32-7-5-6-31(32)34(46)41-35(44)47-24-26-10-18-30(37)19-11-26/h8-19H,3-7,20-24H2,1-2H3/i1D3,2D3,3D2,4D2,5D2,6D2,7D2,20D2,21D2,22D2,24D2. The average Bonchev–Trinajstić information content (AvgIpc) is 3.30. The van der Waals surface area contributed by atoms with Crippen molar-refractivity contribution in [3.63, 3.8) is 0 Å². The van der Waals surface area contributed by atoms with Crippen molar-refractivity contribution in [1.82, 2.24) is 19.4 Å². The van der Waals surface area contributed by atoms with Crippen LogP contribution in [0.25, 0.3) is 11.1 Å². The van der Waals surface area contributed by atoms with Gasteiger partial charge in [-0.25, -0.2) is 4.39 Å². The van der Waals surface area contributed by atoms with Crippen LogP contribution in [-0.2, 0) is 42.5 Å². The molecule has 3 aromatic carbocycles. The Kier molecular flexibility index (Phi) is 4.91. The number of alkyl halides is 3. The van der Waals surface area contributed by atoms with E-state index in [1.54, 1.807) is 0 Å². The topological polar surface area (TPSA) is 58.4 Å². The number of benzene rings is 3. The summed E-state index contributed by atoms with van der Waals surface area (Å²) < 4.78 is 258. The number of fused-ring (bicyclic) bond motifs is 1. The molecular formula is C36H38F4N4O2S. The minimum atomic E-state index is -4.89. The summed E-state index contributed by atoms with van der Waals surface area (Å²) in [6.45, 7) is -33.3. The minimum Gasteiger partial charge on any atom is -0.336 e. The van der Waals surface area contributed by atoms with E-state index in [2.05, 4.69) is 4.98 Å². The van der Waals surface area contributed by atoms with Crippen LogP contribution in [0.3, 0.4) is 0 Å². The molecule has 1 heterocycles. The Labute approximate surface area is 310 Å². The number of nitrogens with zero attached hydrogens (tertiary/aromatic N) is 4. The van der Waals surface area contributed by atoms with Gasteiger partial charge in [-0.15, -0.1) is 0 Å². The highest BCUT2D eigenvalue weighted by atomic mass is 32.2. The van der Waals surface area contributed by atoms with Gasteiger partial charge in [0.1, 0.15) is 12.4 Å². The first-order valence-corrected chi connectivity index (χ1v) is 14.0. The Morgan fingerprint density at radius 2 is 1.60 bits per heavy atom. The summed E-state index contributed by atoms with van der Waals surface area (Å²) in [6, 6.07) is 10.4. The van der Waals surface area contributed by atoms with Crippen LogP contribution in [0.2, 0.25) is 0 Å². The van der Waals surface area contributed by atoms with Crippen LogP contribution >= 0.6 is 11.8 Å². The van der Waals surface area contributed by atoms with E-state index in [0.717, 1.165) is 60.7 Å². The van der Waals surface area contributed by atoms with Crippen molar-refractivity contribution in [3.8, 4) is 11.1 Å². The third-order valence-corrected chi connectivity index (χ3v) is 7.16. The third-order valence-electron chi connectivity index (χ3n) is 6.33. The predicted octanol–water partition coefficient (Wildman–Crippen LogP) is 7.22. The SMILES string of the molecule is [2H]C([2H])(Sc1nc(=O)c2c(n1CC(=O)N(C([2H])([2H])c1ccc(-c3ccc(C(F)(F)F)cc3)cc1)C([2H])([2H])C([2H])([2H])N(C([2H])([2H])C([2H])([2H])[2H])C([2H])([2H])C([2H])([2H])[2H])C([2H])([2H])C([2H])([2H])C2([2H])[2H])c1ccc(F)cc1. The molecule has 0 bridgehead atoms. The van der Waals surface area contributed by atoms with Crippen LogP contribution in [0, 0.1) is 5.82 Å². The molecule has 0 radical (unpaired) electrons. The molecule has 0 fully saturated rings. The van der Waals surface area contributed by atoms with E-state index in [0.29, 0.717) is 12.1 Å². The number of halogens is 4. The average molecular weight is 691 g/mol. The molecule has 4 aromatic rings. The van der Waals surface area contributed by atoms with E-state index in [1.807, 2.05) is 0 Å². The number of carbonyl (C=O) groups is 1. The fourth-order valence-corrected chi connectivity index (χ4v) is 4.78. The Balaban J connectivity index is 1.85. The van der Waals surface area contributed by atoms with E-state index < -0.39 is 144 Å². The number of amides is 1. The van der Waals surface area contributed by atoms with Crippen molar-refractivity contribution >= 4 is 17.7 Å². The maximum absolute atomic E-state index is 15.2. The van der Waals surface area contributed by atoms with E-state index in [9.17, 15) is 27.8 Å². The van der Waals surface area contributed by atoms with Gasteiger partial charge in [-0.1, -0.05) is 74.0 Å². The van der Waals surface area contributed by atoms with Gasteiger partial charge >= 0.3 is 6.18 Å². The van der Waals surface area contributed by atoms with E-state index in [1.165, 1.54) is 0 Å². The number of thioether (sulfide) groups is 1. The Bertz CT molecular complexity index is 2700. The first-order valence-electron chi connectivity index (χ1n) is 25.2. The lowest BCUT2D eigenvalue weighted by Crippen LogP contribution is -2.40. The van der Waals surface area contributed by atoms with E-state index in [4.69, 9.17) is 27.4 Å². The van der Waals surface area contributed by atoms with Gasteiger partial charge in [-0.3, -0.25) is 9.59 Å². The number of likely N-dealkylation sites (N-methyl/N-ethyl adjacent to an activating group) is 1. The summed E-state index contributed by atoms with van der Waals surface area (Å²) in [5.74, 6) is -3.10. The highest BCUT2D eigenvalue weighted by molar-refractivity contribution is 7.98. The van der Waals surface area contributed by atoms with Crippen LogP contribution in [0.5, 0.6) is 0 Å². The molecule has 1 amide bonds. The lowest BCUT2D eigenvalue weighted by molar-refractivity contribution is -0.137. The molecule has 0 N–H and O–H groups in total. The normalized spacial score (nSPS) is 26.0. The second-order valence-electron chi connectivity index (χ2n) is 9.37. The third kappa shape index (κ3) is 8.70. The first-order chi connectivity index (χ1) is 31.7. The molecule has 1 aliphatic carbocycles. The number of rotatable bonds is 13. The highest BCUT2D eigenvalue weighted by Crippen LogP contribution is 2.31. The zero-order valence-electron chi connectivity index (χ0n) is 47.7. The van der Waals surface area contributed by atoms with Gasteiger partial charge in [0.15, 0.2) is 5.16 Å². The number of carbonyl (C=O) groups excluding carboxylic acids is 1. The Morgan fingerprint density at radius 3 is 2.23 bits per heavy atom. The Morgan fingerprint density at radius 1 is 0.957 bits per heavy atom. The van der Waals surface area contributed by atoms with Gasteiger partial charge in [-0.2, -0.15) is 18.2 Å². The Hall–Kier alpha value is -3.96. The molecule has 47 heavy (non-hydrogen) atoms. The fourth-order valence-electron chi connectivity index (χ4n) is 4.04. The molecule has 0 saturated carbocycles. The maximum atomic E-state index is 15.2. The molecular weight excluding hydrogens is 628 g/mol. The number of hydrogen-bond donors (Lipinski definition) is 0. The van der Waals surface area contributed by atoms with Gasteiger partial charge in [0.2, 0.25) is 5.91 Å². The summed E-state index contributed by atoms with van der Waals surface area (Å²) in [4.78, 5) is 30.4. The van der Waals surface area contributed by atoms with Crippen molar-refractivity contribution in [2.45, 2.75) is 62.9 Å². The summed E-state index contributed by atoms with van der Waals surface area (Å²) >= 11 is -0.174. The summed E-state index contributed by atoms with van der Waals surface area (Å²) in [7, 11) is 0. The molecule has 1 aliphatic rings. The minimum absolute atomic E-state index is 0.0372. The number of aromatic nitrogens is 2. The molecule has 0 unspecified atom stereocenters. The molecule has 6 nitrogen and oxygen atoms in total. The second-order valence-corrected chi connectivity index (χ2v) is 10.1. The van der Waals surface area contributed by atoms with Crippen LogP contribution in [0.1, 0.15) is 80.9 Å². The lowest BCUT2D eigenvalue weighted by Gasteiger charge is -2.28. The molecule has 5 rings (SSSR count). The van der Waals surface area contributed by atoms with Gasteiger partial charge < -0.3 is 14.4 Å². The summed E-state index contributed by atoms with van der Waals surface area (Å²) in [5, 5.41) is -1.15. The zero-order valence-corrected chi connectivity index (χ0v) is 24.5. The molecule has 0 saturated heterocycles. The van der Waals surface area contributed by atoms with Gasteiger partial charge in [0.05, 0.1) is 11.0 Å². The second kappa shape index (κ2) is 15.3. The number of hydrogen-bond acceptors (Lipinski definition) is 5. The van der Waals surface area contributed by atoms with Gasteiger partial charge in [0, 0.05) is 63.9 Å². The molecule has 0 spiro atoms. The van der Waals surface area contributed by atoms with E-state index in [-0.39, 0.29) is 27.5 Å². The molecule has 0 atom stereocenters. The quantitative estimate of drug-likeness (QED) is 0.0843. The van der Waals surface area contributed by atoms with Gasteiger partial charge in [0.25, 0.3) is 5.56 Å². The largest absolute Gasteiger partial charge is 0.416 e.